The lowest BCUT2D eigenvalue weighted by Crippen LogP contribution is -2.48. The lowest BCUT2D eigenvalue weighted by Gasteiger charge is -2.25. The van der Waals surface area contributed by atoms with Gasteiger partial charge in [-0.3, -0.25) is 14.4 Å². The monoisotopic (exact) mass is 360 g/mol. The van der Waals surface area contributed by atoms with Crippen molar-refractivity contribution in [3.05, 3.63) is 58.3 Å². The summed E-state index contributed by atoms with van der Waals surface area (Å²) in [4.78, 5) is 38.4. The molecule has 2 amide bonds. The summed E-state index contributed by atoms with van der Waals surface area (Å²) >= 11 is 1.30. The molecule has 2 rings (SSSR count). The highest BCUT2D eigenvalue weighted by molar-refractivity contribution is 7.12. The second-order valence-corrected chi connectivity index (χ2v) is 6.38. The van der Waals surface area contributed by atoms with Crippen LogP contribution < -0.4 is 5.32 Å². The van der Waals surface area contributed by atoms with Crippen LogP contribution in [0.15, 0.2) is 47.8 Å². The van der Waals surface area contributed by atoms with Gasteiger partial charge in [-0.05, 0) is 23.9 Å². The molecule has 1 heterocycles. The van der Waals surface area contributed by atoms with E-state index in [-0.39, 0.29) is 24.9 Å². The molecule has 0 saturated carbocycles. The second-order valence-electron chi connectivity index (χ2n) is 5.43. The molecule has 0 spiro atoms. The van der Waals surface area contributed by atoms with Gasteiger partial charge in [-0.15, -0.1) is 11.3 Å². The number of amides is 2. The Labute approximate surface area is 150 Å². The van der Waals surface area contributed by atoms with Crippen molar-refractivity contribution in [1.82, 2.24) is 10.2 Å². The Morgan fingerprint density at radius 3 is 2.48 bits per heavy atom. The Kier molecular flexibility index (Phi) is 6.71. The highest BCUT2D eigenvalue weighted by atomic mass is 32.1. The Bertz CT molecular complexity index is 716. The Morgan fingerprint density at radius 2 is 1.88 bits per heavy atom. The molecule has 7 heteroatoms. The lowest BCUT2D eigenvalue weighted by atomic mass is 10.2. The lowest BCUT2D eigenvalue weighted by molar-refractivity contribution is -0.147. The first-order valence-corrected chi connectivity index (χ1v) is 8.63. The van der Waals surface area contributed by atoms with Gasteiger partial charge in [0.05, 0.1) is 12.0 Å². The summed E-state index contributed by atoms with van der Waals surface area (Å²) in [6.45, 7) is 1.68. The highest BCUT2D eigenvalue weighted by Crippen LogP contribution is 2.10. The van der Waals surface area contributed by atoms with E-state index in [9.17, 15) is 14.4 Å². The van der Waals surface area contributed by atoms with Crippen molar-refractivity contribution < 1.29 is 19.1 Å². The molecule has 0 aliphatic heterocycles. The maximum absolute atomic E-state index is 12.7. The number of hydrogen-bond donors (Lipinski definition) is 1. The molecule has 25 heavy (non-hydrogen) atoms. The van der Waals surface area contributed by atoms with Crippen molar-refractivity contribution in [3.63, 3.8) is 0 Å². The van der Waals surface area contributed by atoms with E-state index in [2.05, 4.69) is 10.1 Å². The fourth-order valence-corrected chi connectivity index (χ4v) is 2.87. The quantitative estimate of drug-likeness (QED) is 0.767. The van der Waals surface area contributed by atoms with Crippen LogP contribution in [0.3, 0.4) is 0 Å². The summed E-state index contributed by atoms with van der Waals surface area (Å²) in [6.07, 6.45) is 0. The molecule has 1 N–H and O–H groups in total. The van der Waals surface area contributed by atoms with Crippen molar-refractivity contribution in [3.8, 4) is 0 Å². The number of methoxy groups -OCH3 is 1. The van der Waals surface area contributed by atoms with Crippen molar-refractivity contribution in [2.45, 2.75) is 19.5 Å². The van der Waals surface area contributed by atoms with Gasteiger partial charge in [0.1, 0.15) is 12.6 Å². The van der Waals surface area contributed by atoms with Crippen LogP contribution >= 0.6 is 11.3 Å². The van der Waals surface area contributed by atoms with Crippen LogP contribution in [-0.2, 0) is 20.9 Å². The van der Waals surface area contributed by atoms with Gasteiger partial charge >= 0.3 is 5.97 Å². The van der Waals surface area contributed by atoms with E-state index in [1.807, 2.05) is 30.3 Å². The molecule has 1 unspecified atom stereocenters. The van der Waals surface area contributed by atoms with Gasteiger partial charge in [-0.25, -0.2) is 0 Å². The van der Waals surface area contributed by atoms with E-state index in [0.29, 0.717) is 4.88 Å². The number of hydrogen-bond acceptors (Lipinski definition) is 5. The van der Waals surface area contributed by atoms with Crippen molar-refractivity contribution >= 4 is 29.1 Å². The van der Waals surface area contributed by atoms with Gasteiger partial charge in [-0.2, -0.15) is 0 Å². The summed E-state index contributed by atoms with van der Waals surface area (Å²) in [5.74, 6) is -1.17. The minimum atomic E-state index is -0.761. The number of nitrogens with zero attached hydrogens (tertiary/aromatic N) is 1. The van der Waals surface area contributed by atoms with E-state index in [4.69, 9.17) is 0 Å². The molecule has 1 aromatic heterocycles. The maximum Gasteiger partial charge on any atom is 0.325 e. The molecule has 132 valence electrons. The number of carbonyl (C=O) groups excluding carboxylic acids is 3. The molecule has 0 saturated heterocycles. The minimum absolute atomic E-state index is 0.177. The summed E-state index contributed by atoms with van der Waals surface area (Å²) in [6, 6.07) is 12.0. The van der Waals surface area contributed by atoms with E-state index in [1.54, 1.807) is 24.4 Å². The van der Waals surface area contributed by atoms with E-state index >= 15 is 0 Å². The summed E-state index contributed by atoms with van der Waals surface area (Å²) in [7, 11) is 1.27. The van der Waals surface area contributed by atoms with Gasteiger partial charge in [0.15, 0.2) is 0 Å². The molecule has 0 bridgehead atoms. The SMILES string of the molecule is COC(=O)CN(Cc1ccccc1)C(=O)C(C)NC(=O)c1cccs1. The average molecular weight is 360 g/mol. The fraction of sp³-hybridized carbons (Fsp3) is 0.278. The summed E-state index contributed by atoms with van der Waals surface area (Å²) < 4.78 is 4.67. The third-order valence-electron chi connectivity index (χ3n) is 3.54. The first kappa shape index (κ1) is 18.7. The minimum Gasteiger partial charge on any atom is -0.468 e. The van der Waals surface area contributed by atoms with Crippen LogP contribution in [-0.4, -0.2) is 42.4 Å². The Hall–Kier alpha value is -2.67. The van der Waals surface area contributed by atoms with Crippen LogP contribution in [0.25, 0.3) is 0 Å². The van der Waals surface area contributed by atoms with Gasteiger partial charge < -0.3 is 15.0 Å². The molecular formula is C18H20N2O4S. The van der Waals surface area contributed by atoms with E-state index in [0.717, 1.165) is 5.56 Å². The van der Waals surface area contributed by atoms with Crippen LogP contribution in [0, 0.1) is 0 Å². The zero-order valence-corrected chi connectivity index (χ0v) is 14.9. The smallest absolute Gasteiger partial charge is 0.325 e. The van der Waals surface area contributed by atoms with Crippen LogP contribution in [0.4, 0.5) is 0 Å². The van der Waals surface area contributed by atoms with Gasteiger partial charge in [0.25, 0.3) is 5.91 Å². The maximum atomic E-state index is 12.7. The molecule has 0 aliphatic carbocycles. The summed E-state index contributed by atoms with van der Waals surface area (Å²) in [5.41, 5.74) is 0.886. The second kappa shape index (κ2) is 8.98. The standard InChI is InChI=1S/C18H20N2O4S/c1-13(19-17(22)15-9-6-10-25-15)18(23)20(12-16(21)24-2)11-14-7-4-3-5-8-14/h3-10,13H,11-12H2,1-2H3,(H,19,22). The average Bonchev–Trinajstić information content (AvgIpc) is 3.16. The fourth-order valence-electron chi connectivity index (χ4n) is 2.25. The number of esters is 1. The van der Waals surface area contributed by atoms with Gasteiger partial charge in [0, 0.05) is 6.54 Å². The topological polar surface area (TPSA) is 75.7 Å². The molecule has 6 nitrogen and oxygen atoms in total. The predicted octanol–water partition coefficient (Wildman–Crippen LogP) is 2.07. The molecule has 1 atom stereocenters. The largest absolute Gasteiger partial charge is 0.468 e. The normalized spacial score (nSPS) is 11.4. The molecule has 1 aromatic carbocycles. The van der Waals surface area contributed by atoms with E-state index in [1.165, 1.54) is 23.3 Å². The third kappa shape index (κ3) is 5.42. The molecular weight excluding hydrogens is 340 g/mol. The van der Waals surface area contributed by atoms with Crippen molar-refractivity contribution in [2.24, 2.45) is 0 Å². The zero-order chi connectivity index (χ0) is 18.2. The van der Waals surface area contributed by atoms with Gasteiger partial charge in [-0.1, -0.05) is 36.4 Å². The molecule has 0 radical (unpaired) electrons. The number of thiophene rings is 1. The van der Waals surface area contributed by atoms with Gasteiger partial charge in [0.2, 0.25) is 5.91 Å². The molecule has 0 fully saturated rings. The van der Waals surface area contributed by atoms with Crippen LogP contribution in [0.5, 0.6) is 0 Å². The predicted molar refractivity (Wildman–Crippen MR) is 95.1 cm³/mol. The number of ether oxygens (including phenoxy) is 1. The molecule has 2 aromatic rings. The molecule has 0 aliphatic rings. The number of rotatable bonds is 7. The summed E-state index contributed by atoms with van der Waals surface area (Å²) in [5, 5.41) is 4.46. The zero-order valence-electron chi connectivity index (χ0n) is 14.1. The van der Waals surface area contributed by atoms with Crippen LogP contribution in [0.1, 0.15) is 22.2 Å². The highest BCUT2D eigenvalue weighted by Gasteiger charge is 2.25. The number of nitrogens with one attached hydrogen (secondary N) is 1. The third-order valence-corrected chi connectivity index (χ3v) is 4.41. The Balaban J connectivity index is 2.07. The van der Waals surface area contributed by atoms with E-state index < -0.39 is 12.0 Å². The first-order valence-electron chi connectivity index (χ1n) is 7.75. The number of benzene rings is 1. The van der Waals surface area contributed by atoms with Crippen molar-refractivity contribution in [1.29, 1.82) is 0 Å². The first-order chi connectivity index (χ1) is 12.0. The number of carbonyl (C=O) groups is 3. The van der Waals surface area contributed by atoms with Crippen molar-refractivity contribution in [2.75, 3.05) is 13.7 Å². The Morgan fingerprint density at radius 1 is 1.16 bits per heavy atom. The van der Waals surface area contributed by atoms with Crippen LogP contribution in [0.2, 0.25) is 0 Å².